The van der Waals surface area contributed by atoms with Gasteiger partial charge < -0.3 is 5.11 Å². The Kier molecular flexibility index (Phi) is 3.69. The first-order valence-corrected chi connectivity index (χ1v) is 7.60. The van der Waals surface area contributed by atoms with E-state index in [-0.39, 0.29) is 10.8 Å². The van der Waals surface area contributed by atoms with Crippen molar-refractivity contribution in [2.45, 2.75) is 24.3 Å². The SMILES string of the molecule is CCn1cc(NS(=O)(=O)c2ccc(CO)s2)cn1. The molecule has 0 saturated heterocycles. The first-order chi connectivity index (χ1) is 8.55. The zero-order valence-corrected chi connectivity index (χ0v) is 11.3. The fraction of sp³-hybridized carbons (Fsp3) is 0.300. The fourth-order valence-corrected chi connectivity index (χ4v) is 3.63. The Labute approximate surface area is 109 Å². The summed E-state index contributed by atoms with van der Waals surface area (Å²) >= 11 is 1.04. The summed E-state index contributed by atoms with van der Waals surface area (Å²) in [5.74, 6) is 0. The van der Waals surface area contributed by atoms with Crippen LogP contribution in [0.15, 0.2) is 28.7 Å². The van der Waals surface area contributed by atoms with Crippen molar-refractivity contribution in [1.82, 2.24) is 9.78 Å². The molecule has 0 unspecified atom stereocenters. The standard InChI is InChI=1S/C10H13N3O3S2/c1-2-13-6-8(5-11-13)12-18(15,16)10-4-3-9(7-14)17-10/h3-6,12,14H,2,7H2,1H3. The van der Waals surface area contributed by atoms with Gasteiger partial charge in [-0.15, -0.1) is 11.3 Å². The van der Waals surface area contributed by atoms with Crippen molar-refractivity contribution in [3.63, 3.8) is 0 Å². The summed E-state index contributed by atoms with van der Waals surface area (Å²) in [5.41, 5.74) is 0.427. The molecule has 0 aliphatic rings. The van der Waals surface area contributed by atoms with Gasteiger partial charge in [0.1, 0.15) is 4.21 Å². The molecule has 98 valence electrons. The highest BCUT2D eigenvalue weighted by Crippen LogP contribution is 2.23. The molecule has 0 aromatic carbocycles. The Morgan fingerprint density at radius 1 is 1.50 bits per heavy atom. The van der Waals surface area contributed by atoms with Crippen LogP contribution < -0.4 is 4.72 Å². The van der Waals surface area contributed by atoms with Crippen molar-refractivity contribution in [3.05, 3.63) is 29.4 Å². The Balaban J connectivity index is 2.21. The second-order valence-corrected chi connectivity index (χ2v) is 6.65. The average Bonchev–Trinajstić information content (AvgIpc) is 2.96. The maximum atomic E-state index is 12.0. The van der Waals surface area contributed by atoms with Crippen LogP contribution in [-0.2, 0) is 23.2 Å². The first kappa shape index (κ1) is 13.1. The van der Waals surface area contributed by atoms with Gasteiger partial charge in [0.15, 0.2) is 0 Å². The molecule has 2 rings (SSSR count). The van der Waals surface area contributed by atoms with Crippen LogP contribution in [0.5, 0.6) is 0 Å². The molecule has 0 bridgehead atoms. The van der Waals surface area contributed by atoms with Crippen molar-refractivity contribution < 1.29 is 13.5 Å². The number of rotatable bonds is 5. The number of anilines is 1. The van der Waals surface area contributed by atoms with Crippen LogP contribution in [0.4, 0.5) is 5.69 Å². The summed E-state index contributed by atoms with van der Waals surface area (Å²) < 4.78 is 28.3. The normalized spacial score (nSPS) is 11.7. The van der Waals surface area contributed by atoms with Crippen molar-refractivity contribution >= 4 is 27.0 Å². The number of hydrogen-bond acceptors (Lipinski definition) is 5. The summed E-state index contributed by atoms with van der Waals surface area (Å²) in [4.78, 5) is 0.611. The number of thiophene rings is 1. The minimum absolute atomic E-state index is 0.159. The van der Waals surface area contributed by atoms with E-state index in [4.69, 9.17) is 5.11 Å². The molecule has 2 aromatic heterocycles. The third-order valence-electron chi connectivity index (χ3n) is 2.27. The van der Waals surface area contributed by atoms with Crippen molar-refractivity contribution in [3.8, 4) is 0 Å². The maximum Gasteiger partial charge on any atom is 0.271 e. The van der Waals surface area contributed by atoms with Gasteiger partial charge in [-0.05, 0) is 19.1 Å². The van der Waals surface area contributed by atoms with E-state index in [1.54, 1.807) is 16.9 Å². The monoisotopic (exact) mass is 287 g/mol. The largest absolute Gasteiger partial charge is 0.391 e. The number of hydrogen-bond donors (Lipinski definition) is 2. The number of sulfonamides is 1. The lowest BCUT2D eigenvalue weighted by Gasteiger charge is -2.02. The molecule has 8 heteroatoms. The van der Waals surface area contributed by atoms with Crippen LogP contribution in [0.3, 0.4) is 0 Å². The molecule has 0 aliphatic carbocycles. The molecule has 18 heavy (non-hydrogen) atoms. The van der Waals surface area contributed by atoms with Gasteiger partial charge in [-0.3, -0.25) is 9.40 Å². The number of aliphatic hydroxyl groups excluding tert-OH is 1. The summed E-state index contributed by atoms with van der Waals surface area (Å²) in [6.45, 7) is 2.43. The zero-order chi connectivity index (χ0) is 13.2. The predicted octanol–water partition coefficient (Wildman–Crippen LogP) is 1.26. The van der Waals surface area contributed by atoms with Crippen molar-refractivity contribution in [2.75, 3.05) is 4.72 Å². The smallest absolute Gasteiger partial charge is 0.271 e. The minimum Gasteiger partial charge on any atom is -0.391 e. The predicted molar refractivity (Wildman–Crippen MR) is 69.0 cm³/mol. The molecule has 0 atom stereocenters. The molecule has 0 spiro atoms. The van der Waals surface area contributed by atoms with E-state index < -0.39 is 10.0 Å². The van der Waals surface area contributed by atoms with E-state index in [1.807, 2.05) is 6.92 Å². The lowest BCUT2D eigenvalue weighted by atomic mass is 10.5. The Bertz CT molecular complexity index is 630. The van der Waals surface area contributed by atoms with E-state index in [1.165, 1.54) is 12.3 Å². The van der Waals surface area contributed by atoms with Crippen LogP contribution in [0.25, 0.3) is 0 Å². The second-order valence-electron chi connectivity index (χ2n) is 3.57. The van der Waals surface area contributed by atoms with Gasteiger partial charge >= 0.3 is 0 Å². The van der Waals surface area contributed by atoms with Gasteiger partial charge in [0, 0.05) is 17.6 Å². The molecule has 2 aromatic rings. The van der Waals surface area contributed by atoms with Crippen LogP contribution >= 0.6 is 11.3 Å². The molecule has 0 amide bonds. The molecule has 0 saturated carbocycles. The third-order valence-corrected chi connectivity index (χ3v) is 5.21. The van der Waals surface area contributed by atoms with Gasteiger partial charge in [0.25, 0.3) is 10.0 Å². The summed E-state index contributed by atoms with van der Waals surface area (Å²) in [5, 5.41) is 12.9. The average molecular weight is 287 g/mol. The molecule has 6 nitrogen and oxygen atoms in total. The van der Waals surface area contributed by atoms with Gasteiger partial charge in [-0.2, -0.15) is 5.10 Å². The molecular formula is C10H13N3O3S2. The summed E-state index contributed by atoms with van der Waals surface area (Å²) in [7, 11) is -3.59. The van der Waals surface area contributed by atoms with E-state index in [0.717, 1.165) is 11.3 Å². The molecular weight excluding hydrogens is 274 g/mol. The molecule has 0 fully saturated rings. The van der Waals surface area contributed by atoms with Crippen LogP contribution in [0, 0.1) is 0 Å². The lowest BCUT2D eigenvalue weighted by Crippen LogP contribution is -2.10. The number of nitrogens with zero attached hydrogens (tertiary/aromatic N) is 2. The van der Waals surface area contributed by atoms with Gasteiger partial charge in [0.2, 0.25) is 0 Å². The Hall–Kier alpha value is -1.38. The Morgan fingerprint density at radius 2 is 2.28 bits per heavy atom. The number of aryl methyl sites for hydroxylation is 1. The maximum absolute atomic E-state index is 12.0. The van der Waals surface area contributed by atoms with Crippen LogP contribution in [0.1, 0.15) is 11.8 Å². The van der Waals surface area contributed by atoms with E-state index >= 15 is 0 Å². The van der Waals surface area contributed by atoms with E-state index in [0.29, 0.717) is 17.1 Å². The number of aromatic nitrogens is 2. The van der Waals surface area contributed by atoms with E-state index in [9.17, 15) is 8.42 Å². The van der Waals surface area contributed by atoms with Crippen LogP contribution in [-0.4, -0.2) is 23.3 Å². The second kappa shape index (κ2) is 5.09. The molecule has 2 heterocycles. The highest BCUT2D eigenvalue weighted by molar-refractivity contribution is 7.94. The highest BCUT2D eigenvalue weighted by atomic mass is 32.2. The highest BCUT2D eigenvalue weighted by Gasteiger charge is 2.17. The summed E-state index contributed by atoms with van der Waals surface area (Å²) in [6.07, 6.45) is 3.08. The lowest BCUT2D eigenvalue weighted by molar-refractivity contribution is 0.285. The number of nitrogens with one attached hydrogen (secondary N) is 1. The molecule has 2 N–H and O–H groups in total. The number of aliphatic hydroxyl groups is 1. The Morgan fingerprint density at radius 3 is 2.83 bits per heavy atom. The first-order valence-electron chi connectivity index (χ1n) is 5.30. The minimum atomic E-state index is -3.59. The van der Waals surface area contributed by atoms with Crippen molar-refractivity contribution in [2.24, 2.45) is 0 Å². The molecule has 0 radical (unpaired) electrons. The quantitative estimate of drug-likeness (QED) is 0.867. The van der Waals surface area contributed by atoms with E-state index in [2.05, 4.69) is 9.82 Å². The molecule has 0 aliphatic heterocycles. The zero-order valence-electron chi connectivity index (χ0n) is 9.70. The van der Waals surface area contributed by atoms with Gasteiger partial charge in [-0.1, -0.05) is 0 Å². The summed E-state index contributed by atoms with van der Waals surface area (Å²) in [6, 6.07) is 3.07. The fourth-order valence-electron chi connectivity index (χ4n) is 1.38. The van der Waals surface area contributed by atoms with Crippen LogP contribution in [0.2, 0.25) is 0 Å². The van der Waals surface area contributed by atoms with Gasteiger partial charge in [0.05, 0.1) is 18.5 Å². The third kappa shape index (κ3) is 2.71. The van der Waals surface area contributed by atoms with Gasteiger partial charge in [-0.25, -0.2) is 8.42 Å². The van der Waals surface area contributed by atoms with Crippen molar-refractivity contribution in [1.29, 1.82) is 0 Å². The topological polar surface area (TPSA) is 84.2 Å².